The fraction of sp³-hybridized carbons (Fsp3) is 0.308. The highest BCUT2D eigenvalue weighted by atomic mass is 16.5. The summed E-state index contributed by atoms with van der Waals surface area (Å²) in [6.07, 6.45) is 0. The van der Waals surface area contributed by atoms with Crippen molar-refractivity contribution in [3.63, 3.8) is 0 Å². The summed E-state index contributed by atoms with van der Waals surface area (Å²) in [7, 11) is 1.24. The fourth-order valence-electron chi connectivity index (χ4n) is 1.38. The van der Waals surface area contributed by atoms with Crippen LogP contribution in [0.4, 0.5) is 0 Å². The molecule has 2 N–H and O–H groups in total. The molecular weight excluding hydrogens is 248 g/mol. The van der Waals surface area contributed by atoms with Crippen LogP contribution in [0.1, 0.15) is 17.3 Å². The Hall–Kier alpha value is -2.37. The minimum atomic E-state index is -0.744. The molecule has 0 aliphatic carbocycles. The third-order valence-corrected chi connectivity index (χ3v) is 2.38. The Morgan fingerprint density at radius 2 is 1.84 bits per heavy atom. The van der Waals surface area contributed by atoms with Crippen molar-refractivity contribution in [2.45, 2.75) is 13.0 Å². The first-order chi connectivity index (χ1) is 9.04. The number of rotatable bonds is 5. The molecule has 0 bridgehead atoms. The molecule has 0 fully saturated rings. The molecule has 1 aromatic carbocycles. The van der Waals surface area contributed by atoms with Gasteiger partial charge in [-0.15, -0.1) is 0 Å². The lowest BCUT2D eigenvalue weighted by Gasteiger charge is -2.11. The number of carbonyl (C=O) groups excluding carboxylic acids is 3. The van der Waals surface area contributed by atoms with Gasteiger partial charge in [0.15, 0.2) is 0 Å². The normalized spacial score (nSPS) is 11.3. The van der Waals surface area contributed by atoms with Crippen LogP contribution >= 0.6 is 0 Å². The van der Waals surface area contributed by atoms with Crippen LogP contribution in [0.25, 0.3) is 0 Å². The summed E-state index contributed by atoms with van der Waals surface area (Å²) >= 11 is 0. The first-order valence-electron chi connectivity index (χ1n) is 5.75. The van der Waals surface area contributed by atoms with E-state index in [0.717, 1.165) is 0 Å². The molecule has 0 aromatic heterocycles. The van der Waals surface area contributed by atoms with E-state index in [-0.39, 0.29) is 12.5 Å². The minimum absolute atomic E-state index is 0.199. The van der Waals surface area contributed by atoms with E-state index in [4.69, 9.17) is 0 Å². The van der Waals surface area contributed by atoms with Gasteiger partial charge in [-0.25, -0.2) is 4.79 Å². The Morgan fingerprint density at radius 1 is 1.21 bits per heavy atom. The molecular formula is C13H16N2O4. The van der Waals surface area contributed by atoms with E-state index in [9.17, 15) is 14.4 Å². The Kier molecular flexibility index (Phi) is 5.53. The maximum atomic E-state index is 11.6. The zero-order valence-electron chi connectivity index (χ0n) is 10.8. The van der Waals surface area contributed by atoms with Crippen molar-refractivity contribution in [3.05, 3.63) is 35.9 Å². The predicted molar refractivity (Wildman–Crippen MR) is 68.4 cm³/mol. The van der Waals surface area contributed by atoms with Crippen molar-refractivity contribution in [1.29, 1.82) is 0 Å². The van der Waals surface area contributed by atoms with Crippen LogP contribution in [0.3, 0.4) is 0 Å². The monoisotopic (exact) mass is 264 g/mol. The number of esters is 1. The Bertz CT molecular complexity index is 459. The van der Waals surface area contributed by atoms with Crippen molar-refractivity contribution in [1.82, 2.24) is 10.6 Å². The highest BCUT2D eigenvalue weighted by molar-refractivity contribution is 5.96. The lowest BCUT2D eigenvalue weighted by molar-refractivity contribution is -0.144. The first kappa shape index (κ1) is 14.7. The fourth-order valence-corrected chi connectivity index (χ4v) is 1.38. The minimum Gasteiger partial charge on any atom is -0.467 e. The zero-order valence-corrected chi connectivity index (χ0v) is 10.8. The number of benzene rings is 1. The highest BCUT2D eigenvalue weighted by Crippen LogP contribution is 1.97. The average molecular weight is 264 g/mol. The lowest BCUT2D eigenvalue weighted by Crippen LogP contribution is -2.44. The Labute approximate surface area is 111 Å². The summed E-state index contributed by atoms with van der Waals surface area (Å²) in [5.41, 5.74) is 0.469. The summed E-state index contributed by atoms with van der Waals surface area (Å²) in [5, 5.41) is 4.87. The second-order valence-electron chi connectivity index (χ2n) is 3.86. The van der Waals surface area contributed by atoms with Crippen LogP contribution < -0.4 is 10.6 Å². The molecule has 6 nitrogen and oxygen atoms in total. The number of amides is 2. The van der Waals surface area contributed by atoms with E-state index >= 15 is 0 Å². The summed E-state index contributed by atoms with van der Waals surface area (Å²) in [6.45, 7) is 1.30. The summed E-state index contributed by atoms with van der Waals surface area (Å²) in [5.74, 6) is -1.34. The van der Waals surface area contributed by atoms with Gasteiger partial charge in [-0.3, -0.25) is 9.59 Å². The topological polar surface area (TPSA) is 84.5 Å². The number of hydrogen-bond donors (Lipinski definition) is 2. The molecule has 0 radical (unpaired) electrons. The van der Waals surface area contributed by atoms with Crippen LogP contribution in [0.2, 0.25) is 0 Å². The first-order valence-corrected chi connectivity index (χ1v) is 5.75. The van der Waals surface area contributed by atoms with E-state index in [2.05, 4.69) is 15.4 Å². The van der Waals surface area contributed by atoms with Gasteiger partial charge in [0.05, 0.1) is 13.7 Å². The van der Waals surface area contributed by atoms with E-state index in [1.807, 2.05) is 0 Å². The van der Waals surface area contributed by atoms with Gasteiger partial charge in [-0.1, -0.05) is 18.2 Å². The van der Waals surface area contributed by atoms with Gasteiger partial charge in [-0.2, -0.15) is 0 Å². The van der Waals surface area contributed by atoms with Crippen LogP contribution in [-0.2, 0) is 14.3 Å². The maximum Gasteiger partial charge on any atom is 0.328 e. The van der Waals surface area contributed by atoms with Gasteiger partial charge in [0.1, 0.15) is 6.04 Å². The third-order valence-electron chi connectivity index (χ3n) is 2.38. The second kappa shape index (κ2) is 7.15. The molecule has 2 amide bonds. The SMILES string of the molecule is COC(=O)[C@H](C)NC(=O)CNC(=O)c1ccccc1. The van der Waals surface area contributed by atoms with Crippen molar-refractivity contribution >= 4 is 17.8 Å². The zero-order chi connectivity index (χ0) is 14.3. The quantitative estimate of drug-likeness (QED) is 0.738. The van der Waals surface area contributed by atoms with Gasteiger partial charge in [0.25, 0.3) is 5.91 Å². The Balaban J connectivity index is 2.39. The maximum absolute atomic E-state index is 11.6. The number of ether oxygens (including phenoxy) is 1. The van der Waals surface area contributed by atoms with E-state index in [0.29, 0.717) is 5.56 Å². The molecule has 0 heterocycles. The van der Waals surface area contributed by atoms with Gasteiger partial charge >= 0.3 is 5.97 Å². The Morgan fingerprint density at radius 3 is 2.42 bits per heavy atom. The number of hydrogen-bond acceptors (Lipinski definition) is 4. The smallest absolute Gasteiger partial charge is 0.328 e. The molecule has 0 spiro atoms. The molecule has 0 aliphatic heterocycles. The highest BCUT2D eigenvalue weighted by Gasteiger charge is 2.16. The predicted octanol–water partition coefficient (Wildman–Crippen LogP) is 0.0941. The molecule has 0 aliphatic rings. The molecule has 0 saturated carbocycles. The number of nitrogens with one attached hydrogen (secondary N) is 2. The second-order valence-corrected chi connectivity index (χ2v) is 3.86. The third kappa shape index (κ3) is 4.79. The number of carbonyl (C=O) groups is 3. The van der Waals surface area contributed by atoms with Crippen LogP contribution in [0, 0.1) is 0 Å². The van der Waals surface area contributed by atoms with Gasteiger partial charge in [0.2, 0.25) is 5.91 Å². The van der Waals surface area contributed by atoms with Gasteiger partial charge in [-0.05, 0) is 19.1 Å². The standard InChI is InChI=1S/C13H16N2O4/c1-9(13(18)19-2)15-11(16)8-14-12(17)10-6-4-3-5-7-10/h3-7,9H,8H2,1-2H3,(H,14,17)(H,15,16)/t9-/m0/s1. The largest absolute Gasteiger partial charge is 0.467 e. The lowest BCUT2D eigenvalue weighted by atomic mass is 10.2. The van der Waals surface area contributed by atoms with Gasteiger partial charge < -0.3 is 15.4 Å². The summed E-state index contributed by atoms with van der Waals surface area (Å²) < 4.78 is 4.47. The van der Waals surface area contributed by atoms with Crippen LogP contribution in [0.5, 0.6) is 0 Å². The molecule has 19 heavy (non-hydrogen) atoms. The van der Waals surface area contributed by atoms with E-state index < -0.39 is 17.9 Å². The molecule has 1 aromatic rings. The molecule has 1 rings (SSSR count). The average Bonchev–Trinajstić information content (AvgIpc) is 2.44. The van der Waals surface area contributed by atoms with Crippen molar-refractivity contribution in [2.24, 2.45) is 0 Å². The molecule has 6 heteroatoms. The molecule has 1 atom stereocenters. The van der Waals surface area contributed by atoms with Gasteiger partial charge in [0, 0.05) is 5.56 Å². The van der Waals surface area contributed by atoms with E-state index in [1.54, 1.807) is 30.3 Å². The van der Waals surface area contributed by atoms with Crippen molar-refractivity contribution in [2.75, 3.05) is 13.7 Å². The van der Waals surface area contributed by atoms with Crippen LogP contribution in [0.15, 0.2) is 30.3 Å². The molecule has 0 unspecified atom stereocenters. The summed E-state index contributed by atoms with van der Waals surface area (Å²) in [4.78, 5) is 34.2. The van der Waals surface area contributed by atoms with E-state index in [1.165, 1.54) is 14.0 Å². The van der Waals surface area contributed by atoms with Crippen molar-refractivity contribution in [3.8, 4) is 0 Å². The number of methoxy groups -OCH3 is 1. The molecule has 102 valence electrons. The molecule has 0 saturated heterocycles. The van der Waals surface area contributed by atoms with Crippen molar-refractivity contribution < 1.29 is 19.1 Å². The van der Waals surface area contributed by atoms with Crippen LogP contribution in [-0.4, -0.2) is 37.5 Å². The summed E-state index contributed by atoms with van der Waals surface area (Å²) in [6, 6.07) is 7.80.